The highest BCUT2D eigenvalue weighted by Crippen LogP contribution is 2.15. The lowest BCUT2D eigenvalue weighted by molar-refractivity contribution is -0.139. The van der Waals surface area contributed by atoms with E-state index in [1.807, 2.05) is 19.1 Å². The molecule has 0 spiro atoms. The third kappa shape index (κ3) is 5.37. The number of hydrogen-bond donors (Lipinski definition) is 2. The van der Waals surface area contributed by atoms with Crippen molar-refractivity contribution in [2.45, 2.75) is 25.9 Å². The lowest BCUT2D eigenvalue weighted by Gasteiger charge is -2.09. The number of ether oxygens (including phenoxy) is 2. The lowest BCUT2D eigenvalue weighted by atomic mass is 10.2. The zero-order valence-electron chi connectivity index (χ0n) is 13.1. The highest BCUT2D eigenvalue weighted by molar-refractivity contribution is 6.35. The first-order chi connectivity index (χ1) is 11.2. The minimum Gasteiger partial charge on any atom is -0.493 e. The van der Waals surface area contributed by atoms with Crippen LogP contribution >= 0.6 is 0 Å². The molecule has 7 heteroatoms. The van der Waals surface area contributed by atoms with Gasteiger partial charge in [0.15, 0.2) is 0 Å². The number of nitrogens with one attached hydrogen (secondary N) is 2. The number of carbonyl (C=O) groups excluding carboxylic acids is 2. The van der Waals surface area contributed by atoms with Crippen molar-refractivity contribution >= 4 is 18.0 Å². The van der Waals surface area contributed by atoms with Crippen molar-refractivity contribution in [3.63, 3.8) is 0 Å². The van der Waals surface area contributed by atoms with Crippen LogP contribution in [-0.2, 0) is 14.3 Å². The van der Waals surface area contributed by atoms with Crippen molar-refractivity contribution in [1.82, 2.24) is 10.7 Å². The molecule has 0 radical (unpaired) electrons. The van der Waals surface area contributed by atoms with Crippen molar-refractivity contribution < 1.29 is 19.1 Å². The quantitative estimate of drug-likeness (QED) is 0.462. The summed E-state index contributed by atoms with van der Waals surface area (Å²) in [4.78, 5) is 23.3. The Hall–Kier alpha value is -2.41. The molecule has 0 saturated carbocycles. The molecule has 1 aromatic carbocycles. The number of amides is 2. The number of rotatable bonds is 6. The van der Waals surface area contributed by atoms with Crippen LogP contribution in [0.25, 0.3) is 0 Å². The molecule has 2 amide bonds. The van der Waals surface area contributed by atoms with Gasteiger partial charge in [-0.15, -0.1) is 0 Å². The fourth-order valence-electron chi connectivity index (χ4n) is 2.18. The number of carbonyl (C=O) groups is 2. The standard InChI is InChI=1S/C16H21N3O4/c1-2-22-14-8-4-3-6-12(14)10-18-19-16(21)15(20)17-11-13-7-5-9-23-13/h3-4,6,8,10,13H,2,5,7,9,11H2,1H3,(H,17,20)(H,19,21)/b18-10-/t13-/m1/s1. The summed E-state index contributed by atoms with van der Waals surface area (Å²) in [6.07, 6.45) is 3.31. The minimum absolute atomic E-state index is 0.00618. The van der Waals surface area contributed by atoms with Gasteiger partial charge in [-0.05, 0) is 31.9 Å². The maximum Gasteiger partial charge on any atom is 0.329 e. The summed E-state index contributed by atoms with van der Waals surface area (Å²) in [6, 6.07) is 7.29. The van der Waals surface area contributed by atoms with Gasteiger partial charge in [0.25, 0.3) is 0 Å². The Morgan fingerprint density at radius 2 is 2.22 bits per heavy atom. The van der Waals surface area contributed by atoms with Crippen LogP contribution in [0.5, 0.6) is 5.75 Å². The Morgan fingerprint density at radius 1 is 1.39 bits per heavy atom. The third-order valence-electron chi connectivity index (χ3n) is 3.31. The smallest absolute Gasteiger partial charge is 0.329 e. The molecule has 2 N–H and O–H groups in total. The minimum atomic E-state index is -0.812. The highest BCUT2D eigenvalue weighted by atomic mass is 16.5. The number of hydrogen-bond acceptors (Lipinski definition) is 5. The van der Waals surface area contributed by atoms with E-state index in [2.05, 4.69) is 15.8 Å². The largest absolute Gasteiger partial charge is 0.493 e. The maximum atomic E-state index is 11.6. The van der Waals surface area contributed by atoms with Crippen molar-refractivity contribution in [2.24, 2.45) is 5.10 Å². The molecule has 124 valence electrons. The molecule has 2 rings (SSSR count). The molecule has 1 aliphatic heterocycles. The molecule has 1 fully saturated rings. The van der Waals surface area contributed by atoms with E-state index in [1.165, 1.54) is 6.21 Å². The maximum absolute atomic E-state index is 11.6. The summed E-state index contributed by atoms with van der Waals surface area (Å²) in [5.74, 6) is -0.875. The van der Waals surface area contributed by atoms with Gasteiger partial charge in [-0.1, -0.05) is 12.1 Å². The normalized spacial score (nSPS) is 17.2. The van der Waals surface area contributed by atoms with Gasteiger partial charge in [0.1, 0.15) is 5.75 Å². The second kappa shape index (κ2) is 8.89. The molecule has 1 aliphatic rings. The van der Waals surface area contributed by atoms with Gasteiger partial charge in [0, 0.05) is 18.7 Å². The summed E-state index contributed by atoms with van der Waals surface area (Å²) in [7, 11) is 0. The zero-order valence-corrected chi connectivity index (χ0v) is 13.1. The van der Waals surface area contributed by atoms with E-state index in [4.69, 9.17) is 9.47 Å². The Kier molecular flexibility index (Phi) is 6.56. The van der Waals surface area contributed by atoms with E-state index in [1.54, 1.807) is 12.1 Å². The third-order valence-corrected chi connectivity index (χ3v) is 3.31. The van der Waals surface area contributed by atoms with Crippen LogP contribution in [0, 0.1) is 0 Å². The van der Waals surface area contributed by atoms with Gasteiger partial charge in [-0.2, -0.15) is 5.10 Å². The van der Waals surface area contributed by atoms with Crippen LogP contribution in [0.3, 0.4) is 0 Å². The van der Waals surface area contributed by atoms with E-state index in [0.29, 0.717) is 25.5 Å². The average Bonchev–Trinajstić information content (AvgIpc) is 3.08. The number of nitrogens with zero attached hydrogens (tertiary/aromatic N) is 1. The fraction of sp³-hybridized carbons (Fsp3) is 0.438. The van der Waals surface area contributed by atoms with Crippen LogP contribution < -0.4 is 15.5 Å². The second-order valence-corrected chi connectivity index (χ2v) is 5.02. The second-order valence-electron chi connectivity index (χ2n) is 5.02. The predicted octanol–water partition coefficient (Wildman–Crippen LogP) is 0.831. The number of para-hydroxylation sites is 1. The van der Waals surface area contributed by atoms with Gasteiger partial charge < -0.3 is 14.8 Å². The predicted molar refractivity (Wildman–Crippen MR) is 85.3 cm³/mol. The highest BCUT2D eigenvalue weighted by Gasteiger charge is 2.18. The summed E-state index contributed by atoms with van der Waals surface area (Å²) in [5, 5.41) is 6.32. The van der Waals surface area contributed by atoms with E-state index in [0.717, 1.165) is 18.4 Å². The molecule has 0 aromatic heterocycles. The Morgan fingerprint density at radius 3 is 2.96 bits per heavy atom. The van der Waals surface area contributed by atoms with E-state index < -0.39 is 11.8 Å². The van der Waals surface area contributed by atoms with E-state index >= 15 is 0 Å². The molecule has 1 heterocycles. The fourth-order valence-corrected chi connectivity index (χ4v) is 2.18. The van der Waals surface area contributed by atoms with Gasteiger partial charge in [0.2, 0.25) is 0 Å². The first-order valence-electron chi connectivity index (χ1n) is 7.65. The summed E-state index contributed by atoms with van der Waals surface area (Å²) >= 11 is 0. The molecular weight excluding hydrogens is 298 g/mol. The summed E-state index contributed by atoms with van der Waals surface area (Å²) in [6.45, 7) is 3.45. The Bertz CT molecular complexity index is 568. The van der Waals surface area contributed by atoms with Crippen LogP contribution in [0.2, 0.25) is 0 Å². The van der Waals surface area contributed by atoms with Gasteiger partial charge in [-0.25, -0.2) is 5.43 Å². The molecule has 1 atom stereocenters. The van der Waals surface area contributed by atoms with Crippen molar-refractivity contribution in [3.05, 3.63) is 29.8 Å². The molecule has 1 saturated heterocycles. The van der Waals surface area contributed by atoms with E-state index in [9.17, 15) is 9.59 Å². The van der Waals surface area contributed by atoms with Crippen LogP contribution in [-0.4, -0.2) is 43.9 Å². The zero-order chi connectivity index (χ0) is 16.5. The topological polar surface area (TPSA) is 89.0 Å². The van der Waals surface area contributed by atoms with Crippen molar-refractivity contribution in [2.75, 3.05) is 19.8 Å². The molecule has 0 unspecified atom stereocenters. The van der Waals surface area contributed by atoms with Crippen molar-refractivity contribution in [1.29, 1.82) is 0 Å². The Labute approximate surface area is 135 Å². The molecule has 0 bridgehead atoms. The molecule has 23 heavy (non-hydrogen) atoms. The molecule has 7 nitrogen and oxygen atoms in total. The average molecular weight is 319 g/mol. The van der Waals surface area contributed by atoms with Crippen LogP contribution in [0.15, 0.2) is 29.4 Å². The van der Waals surface area contributed by atoms with Gasteiger partial charge in [-0.3, -0.25) is 9.59 Å². The van der Waals surface area contributed by atoms with Crippen LogP contribution in [0.4, 0.5) is 0 Å². The lowest BCUT2D eigenvalue weighted by Crippen LogP contribution is -2.41. The van der Waals surface area contributed by atoms with Gasteiger partial charge in [0.05, 0.1) is 18.9 Å². The summed E-state index contributed by atoms with van der Waals surface area (Å²) < 4.78 is 10.8. The molecule has 1 aromatic rings. The molecule has 0 aliphatic carbocycles. The van der Waals surface area contributed by atoms with Gasteiger partial charge >= 0.3 is 11.8 Å². The first-order valence-corrected chi connectivity index (χ1v) is 7.65. The summed E-state index contributed by atoms with van der Waals surface area (Å²) in [5.41, 5.74) is 2.91. The van der Waals surface area contributed by atoms with Crippen LogP contribution in [0.1, 0.15) is 25.3 Å². The monoisotopic (exact) mass is 319 g/mol. The van der Waals surface area contributed by atoms with E-state index in [-0.39, 0.29) is 6.10 Å². The molecular formula is C16H21N3O4. The SMILES string of the molecule is CCOc1ccccc1/C=N\NC(=O)C(=O)NC[C@H]1CCCO1. The first kappa shape index (κ1) is 17.0. The van der Waals surface area contributed by atoms with Crippen molar-refractivity contribution in [3.8, 4) is 5.75 Å². The number of hydrazone groups is 1. The number of benzene rings is 1. The Balaban J connectivity index is 1.79.